The van der Waals surface area contributed by atoms with Crippen molar-refractivity contribution in [2.24, 2.45) is 0 Å². The smallest absolute Gasteiger partial charge is 0.352 e. The Hall–Kier alpha value is -2.53. The highest BCUT2D eigenvalue weighted by Crippen LogP contribution is 2.40. The zero-order valence-corrected chi connectivity index (χ0v) is 16.5. The molecule has 28 heavy (non-hydrogen) atoms. The number of hydrogen-bond acceptors (Lipinski definition) is 7. The predicted octanol–water partition coefficient (Wildman–Crippen LogP) is 0.147. The maximum Gasteiger partial charge on any atom is 0.352 e. The van der Waals surface area contributed by atoms with Gasteiger partial charge in [0.15, 0.2) is 0 Å². The maximum absolute atomic E-state index is 12.5. The van der Waals surface area contributed by atoms with Crippen LogP contribution in [0, 0.1) is 6.92 Å². The number of fused-ring (bicyclic) bond motifs is 1. The fourth-order valence-corrected chi connectivity index (χ4v) is 4.40. The number of hydrogen-bond donors (Lipinski definition) is 2. The number of aromatic nitrogens is 2. The number of amides is 2. The summed E-state index contributed by atoms with van der Waals surface area (Å²) in [6.07, 6.45) is 1.51. The van der Waals surface area contributed by atoms with E-state index in [-0.39, 0.29) is 24.6 Å². The number of aliphatic carboxylic acids is 1. The van der Waals surface area contributed by atoms with E-state index in [2.05, 4.69) is 10.4 Å². The van der Waals surface area contributed by atoms with Gasteiger partial charge in [0.2, 0.25) is 5.91 Å². The summed E-state index contributed by atoms with van der Waals surface area (Å²) in [4.78, 5) is 48.5. The number of thioether (sulfide) groups is 1. The lowest BCUT2D eigenvalue weighted by molar-refractivity contribution is -0.151. The van der Waals surface area contributed by atoms with Gasteiger partial charge in [-0.3, -0.25) is 24.0 Å². The SMILES string of the molecule is CC(=O)OCC1=C(C(=O)O)N2C(=O)[C@H](NC(=O)Cn3cc(Cl)c(C)n3)[C@H]2SC1. The molecule has 10 nitrogen and oxygen atoms in total. The number of carboxylic acids is 1. The minimum atomic E-state index is -1.28. The quantitative estimate of drug-likeness (QED) is 0.483. The summed E-state index contributed by atoms with van der Waals surface area (Å²) in [7, 11) is 0. The van der Waals surface area contributed by atoms with E-state index < -0.39 is 35.2 Å². The van der Waals surface area contributed by atoms with E-state index in [1.54, 1.807) is 6.92 Å². The Bertz CT molecular complexity index is 878. The summed E-state index contributed by atoms with van der Waals surface area (Å²) in [5, 5.41) is 16.1. The molecule has 1 fully saturated rings. The van der Waals surface area contributed by atoms with Gasteiger partial charge in [0.25, 0.3) is 5.91 Å². The van der Waals surface area contributed by atoms with Crippen molar-refractivity contribution in [2.45, 2.75) is 31.8 Å². The summed E-state index contributed by atoms with van der Waals surface area (Å²) in [6, 6.07) is -0.839. The van der Waals surface area contributed by atoms with Crippen LogP contribution < -0.4 is 5.32 Å². The Morgan fingerprint density at radius 2 is 2.18 bits per heavy atom. The van der Waals surface area contributed by atoms with Crippen LogP contribution in [-0.4, -0.2) is 67.3 Å². The highest BCUT2D eigenvalue weighted by molar-refractivity contribution is 8.00. The molecule has 0 bridgehead atoms. The van der Waals surface area contributed by atoms with Crippen LogP contribution in [0.15, 0.2) is 17.5 Å². The van der Waals surface area contributed by atoms with E-state index in [1.165, 1.54) is 29.6 Å². The molecule has 150 valence electrons. The van der Waals surface area contributed by atoms with Crippen LogP contribution in [0.3, 0.4) is 0 Å². The standard InChI is InChI=1S/C16H17ClN4O6S/c1-7-10(17)3-20(19-7)4-11(23)18-12-14(24)21-13(16(25)26)9(5-27-8(2)22)6-28-15(12)21/h3,12,15H,4-6H2,1-2H3,(H,18,23)(H,25,26)/t12-,15+/m0/s1. The van der Waals surface area contributed by atoms with Crippen LogP contribution >= 0.6 is 23.4 Å². The van der Waals surface area contributed by atoms with Crippen LogP contribution in [0.2, 0.25) is 5.02 Å². The number of β-lactam (4-membered cyclic amide) rings is 1. The van der Waals surface area contributed by atoms with E-state index in [1.807, 2.05) is 0 Å². The molecule has 3 heterocycles. The van der Waals surface area contributed by atoms with Crippen molar-refractivity contribution in [3.05, 3.63) is 28.2 Å². The monoisotopic (exact) mass is 428 g/mol. The Labute approximate surface area is 168 Å². The highest BCUT2D eigenvalue weighted by Gasteiger charge is 2.54. The Morgan fingerprint density at radius 3 is 2.75 bits per heavy atom. The number of carboxylic acid groups (broad SMARTS) is 1. The fraction of sp³-hybridized carbons (Fsp3) is 0.438. The van der Waals surface area contributed by atoms with Crippen LogP contribution in [0.25, 0.3) is 0 Å². The third-order valence-electron chi connectivity index (χ3n) is 4.21. The normalized spacial score (nSPS) is 21.1. The van der Waals surface area contributed by atoms with E-state index in [4.69, 9.17) is 16.3 Å². The third kappa shape index (κ3) is 3.85. The molecule has 0 aromatic carbocycles. The first-order valence-corrected chi connectivity index (χ1v) is 9.64. The molecule has 0 unspecified atom stereocenters. The molecule has 3 rings (SSSR count). The molecular weight excluding hydrogens is 412 g/mol. The molecule has 1 saturated heterocycles. The van der Waals surface area contributed by atoms with Crippen molar-refractivity contribution in [1.29, 1.82) is 0 Å². The van der Waals surface area contributed by atoms with Crippen LogP contribution in [0.4, 0.5) is 0 Å². The van der Waals surface area contributed by atoms with Gasteiger partial charge >= 0.3 is 11.9 Å². The first-order valence-electron chi connectivity index (χ1n) is 8.21. The second kappa shape index (κ2) is 7.84. The molecule has 0 aliphatic carbocycles. The molecule has 0 saturated carbocycles. The van der Waals surface area contributed by atoms with Gasteiger partial charge < -0.3 is 15.2 Å². The lowest BCUT2D eigenvalue weighted by Crippen LogP contribution is -2.70. The molecule has 12 heteroatoms. The van der Waals surface area contributed by atoms with Crippen molar-refractivity contribution in [2.75, 3.05) is 12.4 Å². The number of rotatable bonds is 6. The number of halogens is 1. The number of nitrogens with zero attached hydrogens (tertiary/aromatic N) is 3. The van der Waals surface area contributed by atoms with Crippen molar-refractivity contribution in [3.63, 3.8) is 0 Å². The van der Waals surface area contributed by atoms with Gasteiger partial charge in [0, 0.05) is 24.4 Å². The fourth-order valence-electron chi connectivity index (χ4n) is 2.92. The van der Waals surface area contributed by atoms with Gasteiger partial charge in [0.1, 0.15) is 30.3 Å². The first kappa shape index (κ1) is 20.2. The molecule has 1 aromatic rings. The third-order valence-corrected chi connectivity index (χ3v) is 5.92. The van der Waals surface area contributed by atoms with Gasteiger partial charge in [-0.25, -0.2) is 4.79 Å². The Morgan fingerprint density at radius 1 is 1.46 bits per heavy atom. The predicted molar refractivity (Wildman–Crippen MR) is 98.3 cm³/mol. The molecule has 2 amide bonds. The van der Waals surface area contributed by atoms with E-state index in [9.17, 15) is 24.3 Å². The second-order valence-electron chi connectivity index (χ2n) is 6.25. The van der Waals surface area contributed by atoms with Gasteiger partial charge in [-0.2, -0.15) is 5.10 Å². The number of carbonyl (C=O) groups excluding carboxylic acids is 3. The summed E-state index contributed by atoms with van der Waals surface area (Å²) in [5.74, 6) is -2.53. The molecule has 0 spiro atoms. The van der Waals surface area contributed by atoms with Crippen molar-refractivity contribution in [1.82, 2.24) is 20.0 Å². The number of aryl methyl sites for hydroxylation is 1. The molecule has 2 N–H and O–H groups in total. The summed E-state index contributed by atoms with van der Waals surface area (Å²) in [5.41, 5.74) is 0.721. The van der Waals surface area contributed by atoms with Crippen molar-refractivity contribution in [3.8, 4) is 0 Å². The molecular formula is C16H17ClN4O6S. The minimum absolute atomic E-state index is 0.117. The van der Waals surface area contributed by atoms with Crippen molar-refractivity contribution >= 4 is 47.1 Å². The van der Waals surface area contributed by atoms with E-state index in [0.717, 1.165) is 4.90 Å². The molecule has 2 atom stereocenters. The van der Waals surface area contributed by atoms with Crippen LogP contribution in [-0.2, 0) is 30.5 Å². The number of carbonyl (C=O) groups is 4. The molecule has 0 radical (unpaired) electrons. The maximum atomic E-state index is 12.5. The number of ether oxygens (including phenoxy) is 1. The molecule has 2 aliphatic rings. The second-order valence-corrected chi connectivity index (χ2v) is 7.76. The van der Waals surface area contributed by atoms with Gasteiger partial charge in [-0.15, -0.1) is 11.8 Å². The first-order chi connectivity index (χ1) is 13.2. The average Bonchev–Trinajstić information content (AvgIpc) is 2.93. The Kier molecular flexibility index (Phi) is 5.66. The van der Waals surface area contributed by atoms with E-state index >= 15 is 0 Å². The topological polar surface area (TPSA) is 131 Å². The largest absolute Gasteiger partial charge is 0.477 e. The average molecular weight is 429 g/mol. The lowest BCUT2D eigenvalue weighted by Gasteiger charge is -2.49. The Balaban J connectivity index is 1.68. The molecule has 2 aliphatic heterocycles. The summed E-state index contributed by atoms with van der Waals surface area (Å²) >= 11 is 7.20. The lowest BCUT2D eigenvalue weighted by atomic mass is 10.0. The van der Waals surface area contributed by atoms with Crippen LogP contribution in [0.1, 0.15) is 12.6 Å². The summed E-state index contributed by atoms with van der Waals surface area (Å²) in [6.45, 7) is 2.61. The zero-order valence-electron chi connectivity index (χ0n) is 15.0. The highest BCUT2D eigenvalue weighted by atomic mass is 35.5. The van der Waals surface area contributed by atoms with Gasteiger partial charge in [-0.1, -0.05) is 11.6 Å². The number of nitrogens with one attached hydrogen (secondary N) is 1. The van der Waals surface area contributed by atoms with Gasteiger partial charge in [0.05, 0.1) is 10.7 Å². The van der Waals surface area contributed by atoms with Crippen molar-refractivity contribution < 1.29 is 29.0 Å². The zero-order chi connectivity index (χ0) is 20.6. The number of esters is 1. The molecule has 1 aromatic heterocycles. The van der Waals surface area contributed by atoms with Crippen LogP contribution in [0.5, 0.6) is 0 Å². The van der Waals surface area contributed by atoms with E-state index in [0.29, 0.717) is 16.3 Å². The minimum Gasteiger partial charge on any atom is -0.477 e. The van der Waals surface area contributed by atoms with Gasteiger partial charge in [-0.05, 0) is 6.92 Å². The summed E-state index contributed by atoms with van der Waals surface area (Å²) < 4.78 is 6.24.